The molecule has 0 aromatic rings. The van der Waals surface area contributed by atoms with Crippen LogP contribution in [-0.2, 0) is 0 Å². The molecule has 3 atom stereocenters. The van der Waals surface area contributed by atoms with Gasteiger partial charge in [0.05, 0.1) is 0 Å². The summed E-state index contributed by atoms with van der Waals surface area (Å²) in [5.74, 6) is 0.904. The van der Waals surface area contributed by atoms with E-state index in [1.165, 1.54) is 32.1 Å². The maximum atomic E-state index is 8.79. The SMILES string of the molecule is CN1[C@@H]2CC[C@H]1CC(CCCO)C2. The first-order chi connectivity index (χ1) is 6.31. The molecule has 0 saturated carbocycles. The van der Waals surface area contributed by atoms with Gasteiger partial charge in [0.1, 0.15) is 0 Å². The molecule has 0 aromatic heterocycles. The van der Waals surface area contributed by atoms with E-state index in [-0.39, 0.29) is 0 Å². The van der Waals surface area contributed by atoms with Crippen LogP contribution in [0.1, 0.15) is 38.5 Å². The molecule has 2 aliphatic rings. The third-order valence-electron chi connectivity index (χ3n) is 3.97. The van der Waals surface area contributed by atoms with Gasteiger partial charge in [-0.25, -0.2) is 0 Å². The van der Waals surface area contributed by atoms with Gasteiger partial charge in [-0.2, -0.15) is 0 Å². The highest BCUT2D eigenvalue weighted by Gasteiger charge is 2.37. The second-order valence-corrected chi connectivity index (χ2v) is 4.75. The second kappa shape index (κ2) is 3.97. The van der Waals surface area contributed by atoms with Gasteiger partial charge in [-0.15, -0.1) is 0 Å². The first-order valence-electron chi connectivity index (χ1n) is 5.64. The fraction of sp³-hybridized carbons (Fsp3) is 1.00. The highest BCUT2D eigenvalue weighted by molar-refractivity contribution is 4.93. The number of fused-ring (bicyclic) bond motifs is 2. The minimum Gasteiger partial charge on any atom is -0.396 e. The summed E-state index contributed by atoms with van der Waals surface area (Å²) in [7, 11) is 2.28. The molecule has 1 unspecified atom stereocenters. The number of hydrogen-bond acceptors (Lipinski definition) is 2. The summed E-state index contributed by atoms with van der Waals surface area (Å²) in [5, 5.41) is 8.79. The molecule has 2 aliphatic heterocycles. The average Bonchev–Trinajstić information content (AvgIpc) is 2.41. The molecule has 76 valence electrons. The Bertz CT molecular complexity index is 157. The predicted molar refractivity (Wildman–Crippen MR) is 53.6 cm³/mol. The van der Waals surface area contributed by atoms with Crippen molar-refractivity contribution in [3.05, 3.63) is 0 Å². The lowest BCUT2D eigenvalue weighted by molar-refractivity contribution is 0.124. The van der Waals surface area contributed by atoms with Crippen molar-refractivity contribution in [2.45, 2.75) is 50.6 Å². The highest BCUT2D eigenvalue weighted by Crippen LogP contribution is 2.38. The number of rotatable bonds is 3. The summed E-state index contributed by atoms with van der Waals surface area (Å²) in [6.07, 6.45) is 7.85. The zero-order chi connectivity index (χ0) is 9.26. The average molecular weight is 183 g/mol. The molecule has 2 rings (SSSR count). The third-order valence-corrected chi connectivity index (χ3v) is 3.97. The summed E-state index contributed by atoms with van der Waals surface area (Å²) < 4.78 is 0. The zero-order valence-electron chi connectivity index (χ0n) is 8.58. The first-order valence-corrected chi connectivity index (χ1v) is 5.64. The fourth-order valence-electron chi connectivity index (χ4n) is 3.14. The number of nitrogens with zero attached hydrogens (tertiary/aromatic N) is 1. The number of aliphatic hydroxyl groups is 1. The van der Waals surface area contributed by atoms with Gasteiger partial charge in [-0.05, 0) is 51.5 Å². The van der Waals surface area contributed by atoms with Gasteiger partial charge in [-0.1, -0.05) is 0 Å². The Morgan fingerprint density at radius 2 is 1.85 bits per heavy atom. The summed E-state index contributed by atoms with van der Waals surface area (Å²) in [4.78, 5) is 2.58. The second-order valence-electron chi connectivity index (χ2n) is 4.75. The van der Waals surface area contributed by atoms with Crippen molar-refractivity contribution in [2.24, 2.45) is 5.92 Å². The number of piperidine rings is 1. The maximum absolute atomic E-state index is 8.79. The van der Waals surface area contributed by atoms with Crippen LogP contribution < -0.4 is 0 Å². The van der Waals surface area contributed by atoms with Crippen molar-refractivity contribution in [2.75, 3.05) is 13.7 Å². The van der Waals surface area contributed by atoms with E-state index in [0.717, 1.165) is 24.4 Å². The van der Waals surface area contributed by atoms with E-state index in [4.69, 9.17) is 5.11 Å². The fourth-order valence-corrected chi connectivity index (χ4v) is 3.14. The summed E-state index contributed by atoms with van der Waals surface area (Å²) in [5.41, 5.74) is 0. The van der Waals surface area contributed by atoms with E-state index in [1.807, 2.05) is 0 Å². The highest BCUT2D eigenvalue weighted by atomic mass is 16.2. The third kappa shape index (κ3) is 1.89. The van der Waals surface area contributed by atoms with Crippen LogP contribution >= 0.6 is 0 Å². The molecule has 2 heteroatoms. The van der Waals surface area contributed by atoms with Crippen molar-refractivity contribution < 1.29 is 5.11 Å². The van der Waals surface area contributed by atoms with E-state index in [0.29, 0.717) is 6.61 Å². The molecule has 13 heavy (non-hydrogen) atoms. The van der Waals surface area contributed by atoms with Crippen molar-refractivity contribution >= 4 is 0 Å². The van der Waals surface area contributed by atoms with E-state index < -0.39 is 0 Å². The summed E-state index contributed by atoms with van der Waals surface area (Å²) in [6, 6.07) is 1.73. The lowest BCUT2D eigenvalue weighted by Crippen LogP contribution is -2.39. The molecule has 0 spiro atoms. The lowest BCUT2D eigenvalue weighted by atomic mass is 9.88. The van der Waals surface area contributed by atoms with Crippen LogP contribution in [-0.4, -0.2) is 35.7 Å². The largest absolute Gasteiger partial charge is 0.396 e. The van der Waals surface area contributed by atoms with Crippen LogP contribution in [0.2, 0.25) is 0 Å². The molecule has 0 amide bonds. The molecule has 2 saturated heterocycles. The van der Waals surface area contributed by atoms with E-state index in [2.05, 4.69) is 11.9 Å². The Morgan fingerprint density at radius 3 is 2.38 bits per heavy atom. The van der Waals surface area contributed by atoms with Gasteiger partial charge in [0.25, 0.3) is 0 Å². The van der Waals surface area contributed by atoms with Gasteiger partial charge in [-0.3, -0.25) is 0 Å². The molecular weight excluding hydrogens is 162 g/mol. The maximum Gasteiger partial charge on any atom is 0.0431 e. The van der Waals surface area contributed by atoms with Crippen molar-refractivity contribution in [1.82, 2.24) is 4.90 Å². The lowest BCUT2D eigenvalue weighted by Gasteiger charge is -2.36. The van der Waals surface area contributed by atoms with Crippen molar-refractivity contribution in [3.63, 3.8) is 0 Å². The minimum absolute atomic E-state index is 0.377. The molecule has 1 N–H and O–H groups in total. The summed E-state index contributed by atoms with van der Waals surface area (Å²) in [6.45, 7) is 0.377. The number of hydrogen-bond donors (Lipinski definition) is 1. The van der Waals surface area contributed by atoms with Gasteiger partial charge in [0.2, 0.25) is 0 Å². The van der Waals surface area contributed by atoms with E-state index in [9.17, 15) is 0 Å². The zero-order valence-corrected chi connectivity index (χ0v) is 8.58. The molecule has 0 radical (unpaired) electrons. The monoisotopic (exact) mass is 183 g/mol. The van der Waals surface area contributed by atoms with Crippen LogP contribution in [0, 0.1) is 5.92 Å². The van der Waals surface area contributed by atoms with Crippen LogP contribution in [0.4, 0.5) is 0 Å². The van der Waals surface area contributed by atoms with E-state index in [1.54, 1.807) is 0 Å². The van der Waals surface area contributed by atoms with Gasteiger partial charge >= 0.3 is 0 Å². The van der Waals surface area contributed by atoms with Crippen molar-refractivity contribution in [1.29, 1.82) is 0 Å². The van der Waals surface area contributed by atoms with Gasteiger partial charge in [0, 0.05) is 18.7 Å². The predicted octanol–water partition coefficient (Wildman–Crippen LogP) is 1.63. The Labute approximate surface area is 80.9 Å². The van der Waals surface area contributed by atoms with E-state index >= 15 is 0 Å². The quantitative estimate of drug-likeness (QED) is 0.719. The van der Waals surface area contributed by atoms with Gasteiger partial charge < -0.3 is 10.0 Å². The molecule has 2 fully saturated rings. The topological polar surface area (TPSA) is 23.5 Å². The van der Waals surface area contributed by atoms with Crippen LogP contribution in [0.5, 0.6) is 0 Å². The Morgan fingerprint density at radius 1 is 1.23 bits per heavy atom. The molecule has 2 heterocycles. The van der Waals surface area contributed by atoms with Crippen LogP contribution in [0.15, 0.2) is 0 Å². The Kier molecular flexibility index (Phi) is 2.89. The van der Waals surface area contributed by atoms with Gasteiger partial charge in [0.15, 0.2) is 0 Å². The standard InChI is InChI=1S/C11H21NO/c1-12-10-4-5-11(12)8-9(7-10)3-2-6-13/h9-11,13H,2-8H2,1H3/t9?,10-,11+. The number of aliphatic hydroxyl groups excluding tert-OH is 1. The molecule has 0 aliphatic carbocycles. The molecule has 0 aromatic carbocycles. The van der Waals surface area contributed by atoms with Crippen LogP contribution in [0.25, 0.3) is 0 Å². The van der Waals surface area contributed by atoms with Crippen LogP contribution in [0.3, 0.4) is 0 Å². The first kappa shape index (κ1) is 9.47. The Hall–Kier alpha value is -0.0800. The molecular formula is C11H21NO. The molecule has 2 nitrogen and oxygen atoms in total. The smallest absolute Gasteiger partial charge is 0.0431 e. The van der Waals surface area contributed by atoms with Crippen molar-refractivity contribution in [3.8, 4) is 0 Å². The normalized spacial score (nSPS) is 39.7. The Balaban J connectivity index is 1.84. The minimum atomic E-state index is 0.377. The molecule has 2 bridgehead atoms. The summed E-state index contributed by atoms with van der Waals surface area (Å²) >= 11 is 0.